The fourth-order valence-electron chi connectivity index (χ4n) is 4.89. The lowest BCUT2D eigenvalue weighted by atomic mass is 10.1. The van der Waals surface area contributed by atoms with E-state index in [-0.39, 0.29) is 6.10 Å². The molecule has 0 saturated carbocycles. The van der Waals surface area contributed by atoms with Crippen molar-refractivity contribution in [2.45, 2.75) is 31.7 Å². The predicted molar refractivity (Wildman–Crippen MR) is 151 cm³/mol. The van der Waals surface area contributed by atoms with Crippen molar-refractivity contribution in [1.82, 2.24) is 20.6 Å². The van der Waals surface area contributed by atoms with Gasteiger partial charge in [-0.15, -0.1) is 0 Å². The van der Waals surface area contributed by atoms with E-state index in [1.165, 1.54) is 12.1 Å². The number of carbonyl (C=O) groups excluding carboxylic acids is 1. The predicted octanol–water partition coefficient (Wildman–Crippen LogP) is 5.13. The molecule has 0 bridgehead atoms. The zero-order valence-electron chi connectivity index (χ0n) is 22.9. The number of nitrogens with one attached hydrogen (secondary N) is 2. The Hall–Kier alpha value is -3.44. The lowest BCUT2D eigenvalue weighted by molar-refractivity contribution is -0.137. The van der Waals surface area contributed by atoms with E-state index in [0.717, 1.165) is 82.0 Å². The van der Waals surface area contributed by atoms with E-state index >= 15 is 0 Å². The minimum Gasteiger partial charge on any atom is -0.486 e. The first-order chi connectivity index (χ1) is 19.8. The van der Waals surface area contributed by atoms with Crippen LogP contribution in [0.15, 0.2) is 78.9 Å². The number of rotatable bonds is 13. The molecule has 0 spiro atoms. The van der Waals surface area contributed by atoms with Crippen LogP contribution in [0.5, 0.6) is 5.75 Å². The number of halogens is 3. The highest BCUT2D eigenvalue weighted by Gasteiger charge is 2.30. The zero-order chi connectivity index (χ0) is 29.1. The van der Waals surface area contributed by atoms with Crippen molar-refractivity contribution < 1.29 is 27.9 Å². The molecule has 0 radical (unpaired) electrons. The summed E-state index contributed by atoms with van der Waals surface area (Å²) >= 11 is 0. The molecule has 1 aliphatic rings. The number of hydroxylamine groups is 1. The molecule has 220 valence electrons. The van der Waals surface area contributed by atoms with Gasteiger partial charge in [-0.25, -0.2) is 5.48 Å². The van der Waals surface area contributed by atoms with E-state index in [1.54, 1.807) is 17.6 Å². The smallest absolute Gasteiger partial charge is 0.416 e. The van der Waals surface area contributed by atoms with Gasteiger partial charge < -0.3 is 15.0 Å². The summed E-state index contributed by atoms with van der Waals surface area (Å²) < 4.78 is 44.8. The third kappa shape index (κ3) is 9.57. The van der Waals surface area contributed by atoms with Crippen LogP contribution in [0.3, 0.4) is 0 Å². The van der Waals surface area contributed by atoms with E-state index in [0.29, 0.717) is 17.7 Å². The highest BCUT2D eigenvalue weighted by atomic mass is 19.4. The summed E-state index contributed by atoms with van der Waals surface area (Å²) in [5, 5.41) is 12.2. The molecule has 1 amide bonds. The van der Waals surface area contributed by atoms with Gasteiger partial charge in [0.2, 0.25) is 0 Å². The topological polar surface area (TPSA) is 77.1 Å². The first-order valence-corrected chi connectivity index (χ1v) is 13.9. The van der Waals surface area contributed by atoms with Crippen LogP contribution in [-0.2, 0) is 12.7 Å². The van der Waals surface area contributed by atoms with Gasteiger partial charge in [0, 0.05) is 44.7 Å². The first kappa shape index (κ1) is 30.5. The Morgan fingerprint density at radius 3 is 2.17 bits per heavy atom. The molecule has 0 aliphatic carbocycles. The maximum Gasteiger partial charge on any atom is 0.416 e. The van der Waals surface area contributed by atoms with Gasteiger partial charge in [-0.2, -0.15) is 13.2 Å². The molecule has 10 heteroatoms. The van der Waals surface area contributed by atoms with Gasteiger partial charge in [-0.3, -0.25) is 14.9 Å². The average Bonchev–Trinajstić information content (AvgIpc) is 2.99. The second-order valence-electron chi connectivity index (χ2n) is 10.2. The molecular formula is C31H37F3N4O3. The number of hydrogen-bond acceptors (Lipinski definition) is 6. The van der Waals surface area contributed by atoms with Crippen LogP contribution >= 0.6 is 0 Å². The van der Waals surface area contributed by atoms with Gasteiger partial charge >= 0.3 is 6.18 Å². The molecule has 1 unspecified atom stereocenters. The van der Waals surface area contributed by atoms with Crippen molar-refractivity contribution >= 4 is 5.91 Å². The molecule has 3 N–H and O–H groups in total. The standard InChI is InChI=1S/C31H37F3N4O3/c32-31(33,34)27-11-13-28(14-12-27)41-29(25-5-2-1-3-6-25)15-17-35-16-4-18-37-19-21-38(22-20-37)23-24-7-9-26(10-8-24)30(39)36-40/h1-3,5-14,29,35,40H,4,15-23H2,(H,36,39). The van der Waals surface area contributed by atoms with Crippen LogP contribution in [0.2, 0.25) is 0 Å². The maximum atomic E-state index is 12.9. The monoisotopic (exact) mass is 570 g/mol. The Balaban J connectivity index is 1.14. The number of ether oxygens (including phenoxy) is 1. The summed E-state index contributed by atoms with van der Waals surface area (Å²) in [6, 6.07) is 21.8. The molecule has 1 saturated heterocycles. The summed E-state index contributed by atoms with van der Waals surface area (Å²) in [6.45, 7) is 7.40. The third-order valence-electron chi connectivity index (χ3n) is 7.23. The summed E-state index contributed by atoms with van der Waals surface area (Å²) in [5.74, 6) is -0.0979. The summed E-state index contributed by atoms with van der Waals surface area (Å²) in [4.78, 5) is 16.3. The highest BCUT2D eigenvalue weighted by Crippen LogP contribution is 2.32. The molecule has 1 aliphatic heterocycles. The summed E-state index contributed by atoms with van der Waals surface area (Å²) in [6.07, 6.45) is -2.93. The van der Waals surface area contributed by atoms with Gasteiger partial charge in [-0.1, -0.05) is 42.5 Å². The van der Waals surface area contributed by atoms with Crippen LogP contribution < -0.4 is 15.5 Å². The molecule has 1 heterocycles. The zero-order valence-corrected chi connectivity index (χ0v) is 22.9. The lowest BCUT2D eigenvalue weighted by Gasteiger charge is -2.34. The van der Waals surface area contributed by atoms with Crippen molar-refractivity contribution in [3.63, 3.8) is 0 Å². The number of nitrogens with zero attached hydrogens (tertiary/aromatic N) is 2. The number of alkyl halides is 3. The van der Waals surface area contributed by atoms with Crippen LogP contribution in [0, 0.1) is 0 Å². The molecule has 4 rings (SSSR count). The van der Waals surface area contributed by atoms with Crippen molar-refractivity contribution in [3.8, 4) is 5.75 Å². The van der Waals surface area contributed by atoms with Gasteiger partial charge in [0.05, 0.1) is 5.56 Å². The molecule has 3 aromatic rings. The fourth-order valence-corrected chi connectivity index (χ4v) is 4.89. The normalized spacial score (nSPS) is 15.4. The number of piperazine rings is 1. The minimum absolute atomic E-state index is 0.267. The SMILES string of the molecule is O=C(NO)c1ccc(CN2CCN(CCCNCCC(Oc3ccc(C(F)(F)F)cc3)c3ccccc3)CC2)cc1. The summed E-state index contributed by atoms with van der Waals surface area (Å²) in [5.41, 5.74) is 3.50. The van der Waals surface area contributed by atoms with Crippen molar-refractivity contribution in [1.29, 1.82) is 0 Å². The molecule has 3 aromatic carbocycles. The minimum atomic E-state index is -4.37. The van der Waals surface area contributed by atoms with Crippen molar-refractivity contribution in [2.75, 3.05) is 45.8 Å². The Bertz CT molecular complexity index is 1200. The second kappa shape index (κ2) is 15.0. The summed E-state index contributed by atoms with van der Waals surface area (Å²) in [7, 11) is 0. The Morgan fingerprint density at radius 1 is 0.878 bits per heavy atom. The van der Waals surface area contributed by atoms with Gasteiger partial charge in [0.15, 0.2) is 0 Å². The van der Waals surface area contributed by atoms with Crippen molar-refractivity contribution in [3.05, 3.63) is 101 Å². The van der Waals surface area contributed by atoms with Gasteiger partial charge in [-0.05, 0) is 73.6 Å². The lowest BCUT2D eigenvalue weighted by Crippen LogP contribution is -2.46. The van der Waals surface area contributed by atoms with Crippen LogP contribution in [0.1, 0.15) is 46.0 Å². The molecule has 0 aromatic heterocycles. The number of amides is 1. The van der Waals surface area contributed by atoms with E-state index in [1.807, 2.05) is 42.5 Å². The first-order valence-electron chi connectivity index (χ1n) is 13.9. The molecule has 1 atom stereocenters. The van der Waals surface area contributed by atoms with Crippen LogP contribution in [0.4, 0.5) is 13.2 Å². The molecule has 7 nitrogen and oxygen atoms in total. The van der Waals surface area contributed by atoms with E-state index in [9.17, 15) is 18.0 Å². The van der Waals surface area contributed by atoms with E-state index in [4.69, 9.17) is 9.94 Å². The van der Waals surface area contributed by atoms with Crippen LogP contribution in [-0.4, -0.2) is 66.7 Å². The number of benzene rings is 3. The molecule has 1 fully saturated rings. The number of hydrogen-bond donors (Lipinski definition) is 3. The van der Waals surface area contributed by atoms with Gasteiger partial charge in [0.25, 0.3) is 5.91 Å². The van der Waals surface area contributed by atoms with Crippen LogP contribution in [0.25, 0.3) is 0 Å². The van der Waals surface area contributed by atoms with E-state index < -0.39 is 17.6 Å². The third-order valence-corrected chi connectivity index (χ3v) is 7.23. The second-order valence-corrected chi connectivity index (χ2v) is 10.2. The Kier molecular flexibility index (Phi) is 11.1. The van der Waals surface area contributed by atoms with Crippen molar-refractivity contribution in [2.24, 2.45) is 0 Å². The van der Waals surface area contributed by atoms with E-state index in [2.05, 4.69) is 15.1 Å². The molecular weight excluding hydrogens is 533 g/mol. The number of carbonyl (C=O) groups is 1. The fraction of sp³-hybridized carbons (Fsp3) is 0.387. The quantitative estimate of drug-likeness (QED) is 0.150. The Labute approximate surface area is 238 Å². The maximum absolute atomic E-state index is 12.9. The van der Waals surface area contributed by atoms with Gasteiger partial charge in [0.1, 0.15) is 11.9 Å². The largest absolute Gasteiger partial charge is 0.486 e. The molecule has 41 heavy (non-hydrogen) atoms. The highest BCUT2D eigenvalue weighted by molar-refractivity contribution is 5.93. The average molecular weight is 571 g/mol. The Morgan fingerprint density at radius 2 is 1.54 bits per heavy atom.